The van der Waals surface area contributed by atoms with Gasteiger partial charge in [-0.1, -0.05) is 70.5 Å². The van der Waals surface area contributed by atoms with E-state index in [1.54, 1.807) is 0 Å². The maximum absolute atomic E-state index is 12.1. The molecule has 0 radical (unpaired) electrons. The zero-order valence-electron chi connectivity index (χ0n) is 17.6. The van der Waals surface area contributed by atoms with E-state index in [1.165, 1.54) is 27.9 Å². The number of hydrogen-bond donors (Lipinski definition) is 1. The van der Waals surface area contributed by atoms with Crippen LogP contribution < -0.4 is 4.90 Å². The first-order valence-electron chi connectivity index (χ1n) is 11.3. The molecule has 3 aromatic rings. The Labute approximate surface area is 196 Å². The Morgan fingerprint density at radius 1 is 0.969 bits per heavy atom. The minimum Gasteiger partial charge on any atom is -0.478 e. The Bertz CT molecular complexity index is 1220. The first kappa shape index (κ1) is 19.8. The molecule has 0 saturated heterocycles. The summed E-state index contributed by atoms with van der Waals surface area (Å²) >= 11 is 3.58. The van der Waals surface area contributed by atoms with E-state index in [0.29, 0.717) is 17.5 Å². The third kappa shape index (κ3) is 3.04. The summed E-state index contributed by atoms with van der Waals surface area (Å²) < 4.78 is 1.09. The number of benzene rings is 3. The Balaban J connectivity index is 1.58. The summed E-state index contributed by atoms with van der Waals surface area (Å²) in [5.74, 6) is 0.0471. The monoisotopic (exact) mass is 485 g/mol. The summed E-state index contributed by atoms with van der Waals surface area (Å²) in [5.41, 5.74) is 6.62. The highest BCUT2D eigenvalue weighted by molar-refractivity contribution is 9.10. The number of aromatic carboxylic acids is 1. The second kappa shape index (κ2) is 7.63. The molecule has 0 amide bonds. The first-order valence-corrected chi connectivity index (χ1v) is 12.1. The lowest BCUT2D eigenvalue weighted by molar-refractivity contribution is 0.0696. The van der Waals surface area contributed by atoms with Crippen molar-refractivity contribution in [2.24, 2.45) is 5.92 Å². The quantitative estimate of drug-likeness (QED) is 0.410. The Hall–Kier alpha value is -2.85. The van der Waals surface area contributed by atoms with Gasteiger partial charge in [-0.3, -0.25) is 0 Å². The number of rotatable bonds is 3. The fraction of sp³-hybridized carbons (Fsp3) is 0.250. The molecule has 3 nitrogen and oxygen atoms in total. The molecular formula is C28H24BrNO2. The molecule has 1 aliphatic carbocycles. The van der Waals surface area contributed by atoms with E-state index in [-0.39, 0.29) is 11.8 Å². The van der Waals surface area contributed by atoms with Crippen LogP contribution in [0.25, 0.3) is 0 Å². The summed E-state index contributed by atoms with van der Waals surface area (Å²) in [6.07, 6.45) is 6.60. The summed E-state index contributed by atoms with van der Waals surface area (Å²) in [7, 11) is 0. The van der Waals surface area contributed by atoms with Crippen molar-refractivity contribution >= 4 is 27.6 Å². The SMILES string of the molecule is O=C(O)c1cc2c3c(c1)C1C=CCC1C(c1ccc(Br)cc1)N3CCC2c1ccccc1. The van der Waals surface area contributed by atoms with Gasteiger partial charge in [-0.2, -0.15) is 0 Å². The molecule has 32 heavy (non-hydrogen) atoms. The fourth-order valence-electron chi connectivity index (χ4n) is 6.15. The van der Waals surface area contributed by atoms with Crippen LogP contribution in [0.15, 0.2) is 83.4 Å². The third-order valence-corrected chi connectivity index (χ3v) is 7.99. The number of fused-ring (bicyclic) bond motifs is 2. The van der Waals surface area contributed by atoms with Crippen molar-refractivity contribution in [3.63, 3.8) is 0 Å². The largest absolute Gasteiger partial charge is 0.478 e. The lowest BCUT2D eigenvalue weighted by Crippen LogP contribution is -2.43. The number of nitrogens with zero attached hydrogens (tertiary/aromatic N) is 1. The Kier molecular flexibility index (Phi) is 4.72. The fourth-order valence-corrected chi connectivity index (χ4v) is 6.41. The number of hydrogen-bond acceptors (Lipinski definition) is 2. The topological polar surface area (TPSA) is 40.5 Å². The molecule has 6 rings (SSSR count). The van der Waals surface area contributed by atoms with Gasteiger partial charge in [-0.05, 0) is 65.3 Å². The van der Waals surface area contributed by atoms with Gasteiger partial charge in [0.25, 0.3) is 0 Å². The standard InChI is InChI=1S/C28H24BrNO2/c29-20-11-9-18(10-12-20)26-23-8-4-7-22(23)25-16-19(28(31)32)15-24-21(13-14-30(26)27(24)25)17-5-2-1-3-6-17/h1-7,9-12,15-16,21-23,26H,8,13-14H2,(H,31,32). The maximum atomic E-state index is 12.1. The number of carbonyl (C=O) groups is 1. The molecule has 2 heterocycles. The van der Waals surface area contributed by atoms with Gasteiger partial charge in [-0.15, -0.1) is 0 Å². The average molecular weight is 486 g/mol. The highest BCUT2D eigenvalue weighted by Crippen LogP contribution is 2.57. The van der Waals surface area contributed by atoms with E-state index < -0.39 is 5.97 Å². The van der Waals surface area contributed by atoms with E-state index in [9.17, 15) is 9.90 Å². The molecule has 0 saturated carbocycles. The van der Waals surface area contributed by atoms with Crippen LogP contribution in [0.4, 0.5) is 5.69 Å². The zero-order valence-corrected chi connectivity index (χ0v) is 19.2. The molecule has 4 unspecified atom stereocenters. The average Bonchev–Trinajstić information content (AvgIpc) is 3.30. The van der Waals surface area contributed by atoms with Crippen molar-refractivity contribution in [2.45, 2.75) is 30.7 Å². The molecule has 3 aromatic carbocycles. The van der Waals surface area contributed by atoms with Gasteiger partial charge in [0.15, 0.2) is 0 Å². The molecule has 4 heteroatoms. The smallest absolute Gasteiger partial charge is 0.335 e. The van der Waals surface area contributed by atoms with Crippen LogP contribution in [-0.4, -0.2) is 17.6 Å². The third-order valence-electron chi connectivity index (χ3n) is 7.46. The Morgan fingerprint density at radius 3 is 2.47 bits per heavy atom. The molecule has 0 bridgehead atoms. The van der Waals surface area contributed by atoms with Crippen molar-refractivity contribution < 1.29 is 9.90 Å². The minimum absolute atomic E-state index is 0.216. The maximum Gasteiger partial charge on any atom is 0.335 e. The van der Waals surface area contributed by atoms with Gasteiger partial charge in [0.05, 0.1) is 11.6 Å². The minimum atomic E-state index is -0.846. The van der Waals surface area contributed by atoms with Crippen LogP contribution >= 0.6 is 15.9 Å². The zero-order chi connectivity index (χ0) is 21.8. The van der Waals surface area contributed by atoms with E-state index in [1.807, 2.05) is 18.2 Å². The summed E-state index contributed by atoms with van der Waals surface area (Å²) in [6, 6.07) is 23.5. The number of anilines is 1. The van der Waals surface area contributed by atoms with Crippen LogP contribution in [0.5, 0.6) is 0 Å². The first-order chi connectivity index (χ1) is 15.6. The number of carboxylic acids is 1. The van der Waals surface area contributed by atoms with Gasteiger partial charge >= 0.3 is 5.97 Å². The van der Waals surface area contributed by atoms with E-state index in [4.69, 9.17) is 0 Å². The van der Waals surface area contributed by atoms with Gasteiger partial charge < -0.3 is 10.0 Å². The van der Waals surface area contributed by atoms with Crippen LogP contribution in [-0.2, 0) is 0 Å². The number of allylic oxidation sites excluding steroid dienone is 2. The van der Waals surface area contributed by atoms with Crippen molar-refractivity contribution in [2.75, 3.05) is 11.4 Å². The predicted octanol–water partition coefficient (Wildman–Crippen LogP) is 6.90. The molecule has 0 spiro atoms. The second-order valence-corrected chi connectivity index (χ2v) is 10.0. The summed E-state index contributed by atoms with van der Waals surface area (Å²) in [5, 5.41) is 9.91. The molecule has 4 atom stereocenters. The van der Waals surface area contributed by atoms with E-state index in [2.05, 4.69) is 81.5 Å². The van der Waals surface area contributed by atoms with E-state index >= 15 is 0 Å². The lowest BCUT2D eigenvalue weighted by Gasteiger charge is -2.50. The van der Waals surface area contributed by atoms with Crippen LogP contribution in [0.1, 0.15) is 63.3 Å². The highest BCUT2D eigenvalue weighted by atomic mass is 79.9. The molecule has 1 N–H and O–H groups in total. The lowest BCUT2D eigenvalue weighted by atomic mass is 9.71. The molecule has 160 valence electrons. The highest BCUT2D eigenvalue weighted by Gasteiger charge is 2.45. The van der Waals surface area contributed by atoms with Gasteiger partial charge in [0, 0.05) is 28.5 Å². The van der Waals surface area contributed by atoms with Crippen molar-refractivity contribution in [3.8, 4) is 0 Å². The molecule has 0 aromatic heterocycles. The predicted molar refractivity (Wildman–Crippen MR) is 131 cm³/mol. The van der Waals surface area contributed by atoms with Crippen molar-refractivity contribution in [1.29, 1.82) is 0 Å². The number of halogens is 1. The molecule has 2 aliphatic heterocycles. The van der Waals surface area contributed by atoms with Crippen LogP contribution in [0.2, 0.25) is 0 Å². The second-order valence-electron chi connectivity index (χ2n) is 9.10. The van der Waals surface area contributed by atoms with Crippen molar-refractivity contribution in [1.82, 2.24) is 0 Å². The van der Waals surface area contributed by atoms with Crippen LogP contribution in [0.3, 0.4) is 0 Å². The normalized spacial score (nSPS) is 25.3. The Morgan fingerprint density at radius 2 is 1.72 bits per heavy atom. The van der Waals surface area contributed by atoms with Gasteiger partial charge in [-0.25, -0.2) is 4.79 Å². The van der Waals surface area contributed by atoms with Gasteiger partial charge in [0.2, 0.25) is 0 Å². The molecule has 3 aliphatic rings. The molecule has 0 fully saturated rings. The van der Waals surface area contributed by atoms with Crippen LogP contribution in [0, 0.1) is 5.92 Å². The van der Waals surface area contributed by atoms with Crippen molar-refractivity contribution in [3.05, 3.63) is 111 Å². The summed E-state index contributed by atoms with van der Waals surface area (Å²) in [4.78, 5) is 14.6. The van der Waals surface area contributed by atoms with Gasteiger partial charge in [0.1, 0.15) is 0 Å². The molecular weight excluding hydrogens is 462 g/mol. The summed E-state index contributed by atoms with van der Waals surface area (Å²) in [6.45, 7) is 0.968. The van der Waals surface area contributed by atoms with E-state index in [0.717, 1.165) is 23.9 Å². The number of carboxylic acid groups (broad SMARTS) is 1.